The van der Waals surface area contributed by atoms with Gasteiger partial charge < -0.3 is 0 Å². The highest BCUT2D eigenvalue weighted by molar-refractivity contribution is 7.91. The molecule has 2 aromatic rings. The molecule has 0 aromatic heterocycles. The van der Waals surface area contributed by atoms with Crippen LogP contribution in [0.4, 0.5) is 0 Å². The highest BCUT2D eigenvalue weighted by Crippen LogP contribution is 2.21. The Morgan fingerprint density at radius 1 is 0.870 bits per heavy atom. The van der Waals surface area contributed by atoms with Crippen molar-refractivity contribution in [2.45, 2.75) is 44.1 Å². The Hall–Kier alpha value is -1.32. The van der Waals surface area contributed by atoms with E-state index < -0.39 is 14.6 Å². The van der Waals surface area contributed by atoms with E-state index in [0.717, 1.165) is 23.4 Å². The highest BCUT2D eigenvalue weighted by atomic mass is 35.5. The zero-order chi connectivity index (χ0) is 17.1. The van der Waals surface area contributed by atoms with Crippen LogP contribution in [0.3, 0.4) is 0 Å². The third-order valence-electron chi connectivity index (χ3n) is 3.90. The number of aryl methyl sites for hydroxylation is 2. The Labute approximate surface area is 144 Å². The number of hydrogen-bond acceptors (Lipinski definition) is 2. The fourth-order valence-electron chi connectivity index (χ4n) is 2.22. The van der Waals surface area contributed by atoms with Crippen LogP contribution in [0.25, 0.3) is 0 Å². The molecule has 0 unspecified atom stereocenters. The smallest absolute Gasteiger partial charge is 0.159 e. The van der Waals surface area contributed by atoms with Gasteiger partial charge in [0.05, 0.1) is 10.5 Å². The molecule has 0 bridgehead atoms. The maximum absolute atomic E-state index is 12.2. The Bertz CT molecular complexity index is 757. The molecule has 0 fully saturated rings. The van der Waals surface area contributed by atoms with Crippen LogP contribution in [-0.2, 0) is 28.4 Å². The van der Waals surface area contributed by atoms with Gasteiger partial charge in [-0.05, 0) is 62.4 Å². The van der Waals surface area contributed by atoms with E-state index in [1.54, 1.807) is 20.8 Å². The molecule has 23 heavy (non-hydrogen) atoms. The minimum absolute atomic E-state index is 0.0884. The lowest BCUT2D eigenvalue weighted by atomic mass is 10.0. The zero-order valence-electron chi connectivity index (χ0n) is 13.8. The molecule has 4 heteroatoms. The lowest BCUT2D eigenvalue weighted by Crippen LogP contribution is -2.29. The molecule has 0 heterocycles. The molecule has 0 aliphatic rings. The molecular formula is C19H23ClO2S. The van der Waals surface area contributed by atoms with Gasteiger partial charge in [-0.2, -0.15) is 0 Å². The Morgan fingerprint density at radius 2 is 1.43 bits per heavy atom. The van der Waals surface area contributed by atoms with Crippen molar-refractivity contribution < 1.29 is 8.42 Å². The monoisotopic (exact) mass is 350 g/mol. The molecule has 0 aliphatic carbocycles. The maximum atomic E-state index is 12.2. The molecule has 0 amide bonds. The summed E-state index contributed by atoms with van der Waals surface area (Å²) in [5.41, 5.74) is 3.24. The van der Waals surface area contributed by atoms with Crippen molar-refractivity contribution in [2.75, 3.05) is 0 Å². The van der Waals surface area contributed by atoms with Crippen LogP contribution in [0, 0.1) is 0 Å². The SMILES string of the molecule is CC(C)(C)S(=O)(=O)Cc1ccc(CCc2cccc(Cl)c2)cc1. The first kappa shape index (κ1) is 18.0. The van der Waals surface area contributed by atoms with E-state index in [2.05, 4.69) is 6.07 Å². The second-order valence-electron chi connectivity index (χ2n) is 6.82. The summed E-state index contributed by atoms with van der Waals surface area (Å²) in [6.45, 7) is 5.21. The summed E-state index contributed by atoms with van der Waals surface area (Å²) in [6, 6.07) is 15.7. The lowest BCUT2D eigenvalue weighted by molar-refractivity contribution is 0.559. The fraction of sp³-hybridized carbons (Fsp3) is 0.368. The summed E-state index contributed by atoms with van der Waals surface area (Å²) in [6.07, 6.45) is 1.83. The van der Waals surface area contributed by atoms with Crippen molar-refractivity contribution in [1.29, 1.82) is 0 Å². The van der Waals surface area contributed by atoms with E-state index >= 15 is 0 Å². The molecule has 0 N–H and O–H groups in total. The molecule has 0 aliphatic heterocycles. The van der Waals surface area contributed by atoms with Gasteiger partial charge in [0.2, 0.25) is 0 Å². The average Bonchev–Trinajstić information content (AvgIpc) is 2.45. The lowest BCUT2D eigenvalue weighted by Gasteiger charge is -2.19. The Kier molecular flexibility index (Phi) is 5.53. The quantitative estimate of drug-likeness (QED) is 0.773. The molecule has 0 spiro atoms. The van der Waals surface area contributed by atoms with Crippen molar-refractivity contribution in [3.63, 3.8) is 0 Å². The highest BCUT2D eigenvalue weighted by Gasteiger charge is 2.28. The van der Waals surface area contributed by atoms with Gasteiger partial charge in [0.1, 0.15) is 0 Å². The van der Waals surface area contributed by atoms with E-state index in [9.17, 15) is 8.42 Å². The second kappa shape index (κ2) is 7.06. The molecule has 124 valence electrons. The summed E-state index contributed by atoms with van der Waals surface area (Å²) in [4.78, 5) is 0. The number of halogens is 1. The molecule has 0 radical (unpaired) electrons. The zero-order valence-corrected chi connectivity index (χ0v) is 15.4. The van der Waals surface area contributed by atoms with E-state index in [0.29, 0.717) is 0 Å². The van der Waals surface area contributed by atoms with Gasteiger partial charge in [0.25, 0.3) is 0 Å². The van der Waals surface area contributed by atoms with Gasteiger partial charge in [0.15, 0.2) is 9.84 Å². The molecule has 2 rings (SSSR count). The van der Waals surface area contributed by atoms with Gasteiger partial charge in [-0.3, -0.25) is 0 Å². The maximum Gasteiger partial charge on any atom is 0.159 e. The number of hydrogen-bond donors (Lipinski definition) is 0. The van der Waals surface area contributed by atoms with E-state index in [1.807, 2.05) is 42.5 Å². The van der Waals surface area contributed by atoms with Gasteiger partial charge in [0, 0.05) is 5.02 Å². The van der Waals surface area contributed by atoms with E-state index in [1.165, 1.54) is 11.1 Å². The van der Waals surface area contributed by atoms with Crippen molar-refractivity contribution in [3.05, 3.63) is 70.2 Å². The topological polar surface area (TPSA) is 34.1 Å². The third kappa shape index (κ3) is 5.08. The van der Waals surface area contributed by atoms with Gasteiger partial charge in [-0.15, -0.1) is 0 Å². The molecule has 2 aromatic carbocycles. The summed E-state index contributed by atoms with van der Waals surface area (Å²) in [5, 5.41) is 0.755. The largest absolute Gasteiger partial charge is 0.228 e. The first-order valence-corrected chi connectivity index (χ1v) is 9.75. The molecular weight excluding hydrogens is 328 g/mol. The summed E-state index contributed by atoms with van der Waals surface area (Å²) < 4.78 is 23.7. The van der Waals surface area contributed by atoms with Gasteiger partial charge in [-0.1, -0.05) is 48.0 Å². The normalized spacial score (nSPS) is 12.3. The summed E-state index contributed by atoms with van der Waals surface area (Å²) in [5.74, 6) is 0.0884. The Morgan fingerprint density at radius 3 is 2.00 bits per heavy atom. The standard InChI is InChI=1S/C19H23ClO2S/c1-19(2,3)23(21,22)14-17-11-8-15(9-12-17)7-10-16-5-4-6-18(20)13-16/h4-6,8-9,11-13H,7,10,14H2,1-3H3. The van der Waals surface area contributed by atoms with Crippen molar-refractivity contribution in [3.8, 4) is 0 Å². The summed E-state index contributed by atoms with van der Waals surface area (Å²) in [7, 11) is -3.14. The number of rotatable bonds is 5. The van der Waals surface area contributed by atoms with Crippen LogP contribution in [0.5, 0.6) is 0 Å². The average molecular weight is 351 g/mol. The van der Waals surface area contributed by atoms with Gasteiger partial charge >= 0.3 is 0 Å². The van der Waals surface area contributed by atoms with Crippen LogP contribution >= 0.6 is 11.6 Å². The second-order valence-corrected chi connectivity index (χ2v) is 10.00. The first-order chi connectivity index (χ1) is 10.7. The minimum atomic E-state index is -3.14. The van der Waals surface area contributed by atoms with Crippen molar-refractivity contribution in [2.24, 2.45) is 0 Å². The summed E-state index contributed by atoms with van der Waals surface area (Å²) >= 11 is 5.99. The third-order valence-corrected chi connectivity index (χ3v) is 6.72. The van der Waals surface area contributed by atoms with Crippen molar-refractivity contribution in [1.82, 2.24) is 0 Å². The molecule has 0 atom stereocenters. The fourth-order valence-corrected chi connectivity index (χ4v) is 3.50. The molecule has 0 saturated carbocycles. The first-order valence-electron chi connectivity index (χ1n) is 7.72. The van der Waals surface area contributed by atoms with Crippen molar-refractivity contribution >= 4 is 21.4 Å². The van der Waals surface area contributed by atoms with Crippen LogP contribution in [0.2, 0.25) is 5.02 Å². The molecule has 0 saturated heterocycles. The van der Waals surface area contributed by atoms with Crippen LogP contribution in [-0.4, -0.2) is 13.2 Å². The van der Waals surface area contributed by atoms with Gasteiger partial charge in [-0.25, -0.2) is 8.42 Å². The minimum Gasteiger partial charge on any atom is -0.228 e. The predicted molar refractivity (Wildman–Crippen MR) is 97.7 cm³/mol. The van der Waals surface area contributed by atoms with Crippen LogP contribution in [0.1, 0.15) is 37.5 Å². The van der Waals surface area contributed by atoms with E-state index in [4.69, 9.17) is 11.6 Å². The van der Waals surface area contributed by atoms with Crippen LogP contribution < -0.4 is 0 Å². The Balaban J connectivity index is 2.00. The van der Waals surface area contributed by atoms with E-state index in [-0.39, 0.29) is 5.75 Å². The molecule has 2 nitrogen and oxygen atoms in total. The predicted octanol–water partition coefficient (Wildman–Crippen LogP) is 4.84. The number of benzene rings is 2. The van der Waals surface area contributed by atoms with Crippen LogP contribution in [0.15, 0.2) is 48.5 Å². The number of sulfone groups is 1.